The summed E-state index contributed by atoms with van der Waals surface area (Å²) >= 11 is 0. The zero-order valence-corrected chi connectivity index (χ0v) is 19.0. The van der Waals surface area contributed by atoms with E-state index in [-0.39, 0.29) is 52.5 Å². The summed E-state index contributed by atoms with van der Waals surface area (Å²) in [6.07, 6.45) is 3.28. The molecule has 0 aromatic rings. The maximum Gasteiger partial charge on any atom is 0.303 e. The van der Waals surface area contributed by atoms with Gasteiger partial charge in [0.2, 0.25) is 0 Å². The molecular weight excluding hydrogens is 428 g/mol. The summed E-state index contributed by atoms with van der Waals surface area (Å²) in [5.74, 6) is -1.57. The fourth-order valence-electron chi connectivity index (χ4n) is 2.43. The average Bonchev–Trinajstić information content (AvgIpc) is 2.72. The molecule has 0 atom stereocenters. The van der Waals surface area contributed by atoms with Crippen LogP contribution in [-0.4, -0.2) is 142 Å². The van der Waals surface area contributed by atoms with Gasteiger partial charge in [-0.05, 0) is 12.8 Å². The zero-order chi connectivity index (χ0) is 25.0. The Kier molecular flexibility index (Phi) is 32.6. The first kappa shape index (κ1) is 35.2. The Labute approximate surface area is 190 Å². The summed E-state index contributed by atoms with van der Waals surface area (Å²) in [5.41, 5.74) is 0. The molecule has 0 bridgehead atoms. The van der Waals surface area contributed by atoms with Crippen LogP contribution in [-0.2, 0) is 9.59 Å². The number of aliphatic hydroxyl groups is 6. The van der Waals surface area contributed by atoms with Gasteiger partial charge in [-0.1, -0.05) is 12.8 Å². The molecule has 0 aliphatic rings. The van der Waals surface area contributed by atoms with E-state index in [1.807, 2.05) is 0 Å². The molecule has 0 rings (SSSR count). The van der Waals surface area contributed by atoms with Crippen molar-refractivity contribution in [1.29, 1.82) is 0 Å². The van der Waals surface area contributed by atoms with Gasteiger partial charge in [0.15, 0.2) is 0 Å². The molecule has 12 heteroatoms. The third-order valence-electron chi connectivity index (χ3n) is 4.03. The number of carboxylic acid groups (broad SMARTS) is 2. The van der Waals surface area contributed by atoms with E-state index in [0.29, 0.717) is 52.1 Å². The molecule has 0 saturated heterocycles. The second-order valence-electron chi connectivity index (χ2n) is 6.73. The van der Waals surface area contributed by atoms with Gasteiger partial charge in [-0.25, -0.2) is 0 Å². The Hall–Kier alpha value is -1.38. The molecule has 0 aromatic carbocycles. The van der Waals surface area contributed by atoms with E-state index in [9.17, 15) is 9.59 Å². The van der Waals surface area contributed by atoms with E-state index in [0.717, 1.165) is 12.8 Å². The van der Waals surface area contributed by atoms with Gasteiger partial charge in [0.05, 0.1) is 39.6 Å². The lowest BCUT2D eigenvalue weighted by Gasteiger charge is -2.17. The van der Waals surface area contributed by atoms with Gasteiger partial charge in [-0.15, -0.1) is 0 Å². The molecule has 12 nitrogen and oxygen atoms in total. The highest BCUT2D eigenvalue weighted by Gasteiger charge is 2.01. The molecule has 0 heterocycles. The Morgan fingerprint density at radius 3 is 0.812 bits per heavy atom. The second-order valence-corrected chi connectivity index (χ2v) is 6.73. The number of unbranched alkanes of at least 4 members (excludes halogenated alkanes) is 3. The molecule has 0 saturated carbocycles. The normalized spacial score (nSPS) is 10.4. The van der Waals surface area contributed by atoms with Gasteiger partial charge in [0.1, 0.15) is 0 Å². The second kappa shape index (κ2) is 29.6. The molecule has 0 aliphatic carbocycles. The Balaban J connectivity index is -0.000000397. The smallest absolute Gasteiger partial charge is 0.303 e. The number of aliphatic hydroxyl groups excluding tert-OH is 6. The molecule has 32 heavy (non-hydrogen) atoms. The van der Waals surface area contributed by atoms with Crippen molar-refractivity contribution in [2.45, 2.75) is 38.5 Å². The van der Waals surface area contributed by atoms with Gasteiger partial charge in [-0.3, -0.25) is 19.4 Å². The summed E-state index contributed by atoms with van der Waals surface area (Å²) in [7, 11) is 0. The van der Waals surface area contributed by atoms with Crippen molar-refractivity contribution < 1.29 is 50.4 Å². The topological polar surface area (TPSA) is 202 Å². The Morgan fingerprint density at radius 2 is 0.656 bits per heavy atom. The van der Waals surface area contributed by atoms with Crippen LogP contribution in [0.2, 0.25) is 0 Å². The molecule has 0 unspecified atom stereocenters. The monoisotopic (exact) mass is 472 g/mol. The molecule has 0 aliphatic heterocycles. The number of aliphatic carboxylic acids is 2. The van der Waals surface area contributed by atoms with Crippen molar-refractivity contribution in [1.82, 2.24) is 9.80 Å². The molecular formula is C20H44N2O10. The van der Waals surface area contributed by atoms with Crippen LogP contribution in [0.3, 0.4) is 0 Å². The van der Waals surface area contributed by atoms with Crippen LogP contribution in [0.25, 0.3) is 0 Å². The highest BCUT2D eigenvalue weighted by atomic mass is 16.4. The van der Waals surface area contributed by atoms with Crippen molar-refractivity contribution in [2.75, 3.05) is 78.9 Å². The highest BCUT2D eigenvalue weighted by Crippen LogP contribution is 2.04. The van der Waals surface area contributed by atoms with Crippen LogP contribution in [0.4, 0.5) is 0 Å². The quantitative estimate of drug-likeness (QED) is 0.0964. The van der Waals surface area contributed by atoms with Crippen molar-refractivity contribution in [3.63, 3.8) is 0 Å². The maximum atomic E-state index is 10.0. The van der Waals surface area contributed by atoms with E-state index in [4.69, 9.17) is 40.9 Å². The number of hydrogen-bond donors (Lipinski definition) is 8. The molecule has 0 spiro atoms. The number of rotatable bonds is 19. The molecule has 0 fully saturated rings. The van der Waals surface area contributed by atoms with Crippen LogP contribution in [0.5, 0.6) is 0 Å². The van der Waals surface area contributed by atoms with Crippen LogP contribution in [0.15, 0.2) is 0 Å². The fourth-order valence-corrected chi connectivity index (χ4v) is 2.43. The first-order valence-electron chi connectivity index (χ1n) is 10.9. The first-order chi connectivity index (χ1) is 15.3. The number of carbonyl (C=O) groups is 2. The summed E-state index contributed by atoms with van der Waals surface area (Å²) in [4.78, 5) is 23.7. The summed E-state index contributed by atoms with van der Waals surface area (Å²) in [5, 5.41) is 67.4. The van der Waals surface area contributed by atoms with Crippen LogP contribution in [0, 0.1) is 0 Å². The zero-order valence-electron chi connectivity index (χ0n) is 19.0. The highest BCUT2D eigenvalue weighted by molar-refractivity contribution is 5.66. The Bertz CT molecular complexity index is 338. The van der Waals surface area contributed by atoms with E-state index in [1.54, 1.807) is 9.80 Å². The predicted octanol–water partition coefficient (Wildman–Crippen LogP) is -1.97. The van der Waals surface area contributed by atoms with E-state index >= 15 is 0 Å². The molecule has 194 valence electrons. The largest absolute Gasteiger partial charge is 0.481 e. The minimum atomic E-state index is -0.784. The van der Waals surface area contributed by atoms with Crippen molar-refractivity contribution in [3.8, 4) is 0 Å². The van der Waals surface area contributed by atoms with Crippen molar-refractivity contribution in [2.24, 2.45) is 0 Å². The van der Waals surface area contributed by atoms with Gasteiger partial charge in [-0.2, -0.15) is 0 Å². The molecule has 0 radical (unpaired) electrons. The number of hydrogen-bond acceptors (Lipinski definition) is 10. The SMILES string of the molecule is O=C(O)CCCCCCC(=O)O.OCCN(CCO)CCO.OCCN(CCO)CCO. The van der Waals surface area contributed by atoms with Crippen molar-refractivity contribution in [3.05, 3.63) is 0 Å². The lowest BCUT2D eigenvalue weighted by molar-refractivity contribution is -0.138. The van der Waals surface area contributed by atoms with Gasteiger partial charge in [0, 0.05) is 52.1 Å². The third-order valence-corrected chi connectivity index (χ3v) is 4.03. The summed E-state index contributed by atoms with van der Waals surface area (Å²) in [6, 6.07) is 0. The number of nitrogens with zero attached hydrogens (tertiary/aromatic N) is 2. The van der Waals surface area contributed by atoms with E-state index in [2.05, 4.69) is 0 Å². The van der Waals surface area contributed by atoms with Crippen LogP contribution in [0.1, 0.15) is 38.5 Å². The lowest BCUT2D eigenvalue weighted by atomic mass is 10.1. The lowest BCUT2D eigenvalue weighted by Crippen LogP contribution is -2.32. The van der Waals surface area contributed by atoms with Crippen molar-refractivity contribution >= 4 is 11.9 Å². The number of carboxylic acids is 2. The van der Waals surface area contributed by atoms with E-state index in [1.165, 1.54) is 0 Å². The summed E-state index contributed by atoms with van der Waals surface area (Å²) in [6.45, 7) is 3.51. The van der Waals surface area contributed by atoms with Gasteiger partial charge < -0.3 is 40.9 Å². The van der Waals surface area contributed by atoms with E-state index < -0.39 is 11.9 Å². The Morgan fingerprint density at radius 1 is 0.438 bits per heavy atom. The fraction of sp³-hybridized carbons (Fsp3) is 0.900. The third kappa shape index (κ3) is 33.3. The van der Waals surface area contributed by atoms with Gasteiger partial charge >= 0.3 is 11.9 Å². The molecule has 0 aromatic heterocycles. The molecule has 8 N–H and O–H groups in total. The maximum absolute atomic E-state index is 10.0. The van der Waals surface area contributed by atoms with Crippen LogP contribution >= 0.6 is 0 Å². The van der Waals surface area contributed by atoms with Crippen LogP contribution < -0.4 is 0 Å². The predicted molar refractivity (Wildman–Crippen MR) is 118 cm³/mol. The minimum absolute atomic E-state index is 0.0694. The summed E-state index contributed by atoms with van der Waals surface area (Å²) < 4.78 is 0. The molecule has 0 amide bonds. The standard InChI is InChI=1S/C8H14O4.2C6H15NO3/c9-7(10)5-3-1-2-4-6-8(11)12;2*8-4-1-7(2-5-9)3-6-10/h1-6H2,(H,9,10)(H,11,12);2*8-10H,1-6H2. The first-order valence-corrected chi connectivity index (χ1v) is 10.9. The minimum Gasteiger partial charge on any atom is -0.481 e. The average molecular weight is 473 g/mol. The van der Waals surface area contributed by atoms with Gasteiger partial charge in [0.25, 0.3) is 0 Å².